The number of ether oxygens (including phenoxy) is 1. The minimum atomic E-state index is -0.00650. The van der Waals surface area contributed by atoms with E-state index in [1.807, 2.05) is 62.5 Å². The molecule has 140 valence electrons. The van der Waals surface area contributed by atoms with Crippen LogP contribution in [0.25, 0.3) is 0 Å². The zero-order valence-electron chi connectivity index (χ0n) is 16.0. The Bertz CT molecular complexity index is 872. The number of methoxy groups -OCH3 is 1. The van der Waals surface area contributed by atoms with Crippen molar-refractivity contribution in [3.8, 4) is 5.75 Å². The number of H-pyrrole nitrogens is 1. The van der Waals surface area contributed by atoms with Gasteiger partial charge < -0.3 is 9.64 Å². The Kier molecular flexibility index (Phi) is 5.91. The summed E-state index contributed by atoms with van der Waals surface area (Å²) < 4.78 is 5.26. The number of benzene rings is 2. The van der Waals surface area contributed by atoms with Gasteiger partial charge in [-0.25, -0.2) is 0 Å². The Morgan fingerprint density at radius 1 is 1.11 bits per heavy atom. The first-order valence-corrected chi connectivity index (χ1v) is 9.00. The fourth-order valence-electron chi connectivity index (χ4n) is 3.17. The van der Waals surface area contributed by atoms with E-state index in [4.69, 9.17) is 4.74 Å². The van der Waals surface area contributed by atoms with Crippen molar-refractivity contribution in [1.29, 1.82) is 0 Å². The zero-order chi connectivity index (χ0) is 19.2. The van der Waals surface area contributed by atoms with E-state index in [-0.39, 0.29) is 11.8 Å². The molecule has 0 fully saturated rings. The maximum atomic E-state index is 12.9. The standard InChI is InChI=1S/C22H25N3O2/c1-16-13-19(24-23-16)15-25(2)22(26)14-21(17-7-5-4-6-8-17)18-9-11-20(27-3)12-10-18/h4-13,21H,14-15H2,1-3H3,(H,23,24). The van der Waals surface area contributed by atoms with Gasteiger partial charge in [0.2, 0.25) is 5.91 Å². The van der Waals surface area contributed by atoms with Crippen LogP contribution in [0, 0.1) is 6.92 Å². The molecule has 1 amide bonds. The zero-order valence-corrected chi connectivity index (χ0v) is 16.0. The van der Waals surface area contributed by atoms with Crippen LogP contribution in [0.2, 0.25) is 0 Å². The lowest BCUT2D eigenvalue weighted by Crippen LogP contribution is -2.28. The Morgan fingerprint density at radius 2 is 1.78 bits per heavy atom. The highest BCUT2D eigenvalue weighted by Gasteiger charge is 2.21. The second-order valence-corrected chi connectivity index (χ2v) is 6.73. The second kappa shape index (κ2) is 8.54. The highest BCUT2D eigenvalue weighted by molar-refractivity contribution is 5.77. The molecule has 27 heavy (non-hydrogen) atoms. The third-order valence-electron chi connectivity index (χ3n) is 4.68. The van der Waals surface area contributed by atoms with Crippen molar-refractivity contribution in [3.05, 3.63) is 83.2 Å². The lowest BCUT2D eigenvalue weighted by Gasteiger charge is -2.22. The van der Waals surface area contributed by atoms with Crippen LogP contribution < -0.4 is 4.74 Å². The van der Waals surface area contributed by atoms with Crippen LogP contribution in [0.5, 0.6) is 5.75 Å². The quantitative estimate of drug-likeness (QED) is 0.692. The van der Waals surface area contributed by atoms with Gasteiger partial charge in [0.1, 0.15) is 5.75 Å². The predicted octanol–water partition coefficient (Wildman–Crippen LogP) is 3.91. The normalized spacial score (nSPS) is 11.8. The van der Waals surface area contributed by atoms with E-state index in [2.05, 4.69) is 22.3 Å². The molecule has 0 aliphatic heterocycles. The molecular weight excluding hydrogens is 338 g/mol. The molecule has 3 rings (SSSR count). The van der Waals surface area contributed by atoms with E-state index in [9.17, 15) is 4.79 Å². The molecule has 1 atom stereocenters. The van der Waals surface area contributed by atoms with Crippen LogP contribution >= 0.6 is 0 Å². The third-order valence-corrected chi connectivity index (χ3v) is 4.68. The van der Waals surface area contributed by atoms with E-state index in [1.165, 1.54) is 0 Å². The molecule has 1 heterocycles. The fourth-order valence-corrected chi connectivity index (χ4v) is 3.17. The highest BCUT2D eigenvalue weighted by atomic mass is 16.5. The van der Waals surface area contributed by atoms with Gasteiger partial charge in [0.25, 0.3) is 0 Å². The average Bonchev–Trinajstić information content (AvgIpc) is 3.11. The van der Waals surface area contributed by atoms with Crippen LogP contribution in [0.1, 0.15) is 34.9 Å². The molecule has 2 aromatic carbocycles. The molecule has 0 spiro atoms. The SMILES string of the molecule is COc1ccc(C(CC(=O)N(C)Cc2cc(C)[nH]n2)c2ccccc2)cc1. The molecule has 0 saturated heterocycles. The molecule has 5 nitrogen and oxygen atoms in total. The third kappa shape index (κ3) is 4.76. The van der Waals surface area contributed by atoms with Crippen LogP contribution in [0.15, 0.2) is 60.7 Å². The number of aryl methyl sites for hydroxylation is 1. The highest BCUT2D eigenvalue weighted by Crippen LogP contribution is 2.30. The summed E-state index contributed by atoms with van der Waals surface area (Å²) >= 11 is 0. The first-order chi connectivity index (χ1) is 13.1. The Labute approximate surface area is 160 Å². The number of hydrogen-bond acceptors (Lipinski definition) is 3. The van der Waals surface area contributed by atoms with E-state index < -0.39 is 0 Å². The van der Waals surface area contributed by atoms with Gasteiger partial charge in [-0.05, 0) is 36.2 Å². The van der Waals surface area contributed by atoms with E-state index >= 15 is 0 Å². The van der Waals surface area contributed by atoms with E-state index in [0.717, 1.165) is 28.3 Å². The number of carbonyl (C=O) groups is 1. The van der Waals surface area contributed by atoms with Crippen molar-refractivity contribution in [2.24, 2.45) is 0 Å². The van der Waals surface area contributed by atoms with Gasteiger partial charge in [-0.15, -0.1) is 0 Å². The summed E-state index contributed by atoms with van der Waals surface area (Å²) in [6.45, 7) is 2.45. The minimum absolute atomic E-state index is 0.00650. The van der Waals surface area contributed by atoms with Crippen LogP contribution in [-0.2, 0) is 11.3 Å². The first-order valence-electron chi connectivity index (χ1n) is 9.00. The number of aromatic amines is 1. The van der Waals surface area contributed by atoms with Gasteiger partial charge >= 0.3 is 0 Å². The van der Waals surface area contributed by atoms with Gasteiger partial charge in [-0.3, -0.25) is 9.89 Å². The van der Waals surface area contributed by atoms with E-state index in [1.54, 1.807) is 12.0 Å². The molecule has 0 saturated carbocycles. The number of nitrogens with zero attached hydrogens (tertiary/aromatic N) is 2. The van der Waals surface area contributed by atoms with Gasteiger partial charge in [0.15, 0.2) is 0 Å². The summed E-state index contributed by atoms with van der Waals surface area (Å²) in [5, 5.41) is 7.14. The Morgan fingerprint density at radius 3 is 2.37 bits per heavy atom. The number of hydrogen-bond donors (Lipinski definition) is 1. The summed E-state index contributed by atoms with van der Waals surface area (Å²) in [6.07, 6.45) is 0.399. The maximum absolute atomic E-state index is 12.9. The summed E-state index contributed by atoms with van der Waals surface area (Å²) in [6, 6.07) is 20.0. The molecule has 0 bridgehead atoms. The van der Waals surface area contributed by atoms with Crippen molar-refractivity contribution >= 4 is 5.91 Å². The molecule has 1 N–H and O–H groups in total. The van der Waals surface area contributed by atoms with Crippen molar-refractivity contribution in [2.75, 3.05) is 14.2 Å². The van der Waals surface area contributed by atoms with Gasteiger partial charge in [0, 0.05) is 25.1 Å². The largest absolute Gasteiger partial charge is 0.497 e. The summed E-state index contributed by atoms with van der Waals surface area (Å²) in [5.41, 5.74) is 4.08. The predicted molar refractivity (Wildman–Crippen MR) is 106 cm³/mol. The summed E-state index contributed by atoms with van der Waals surface area (Å²) in [5.74, 6) is 0.885. The molecule has 0 radical (unpaired) electrons. The summed E-state index contributed by atoms with van der Waals surface area (Å²) in [7, 11) is 3.47. The van der Waals surface area contributed by atoms with Gasteiger partial charge in [-0.2, -0.15) is 5.10 Å². The van der Waals surface area contributed by atoms with Crippen LogP contribution in [0.4, 0.5) is 0 Å². The fraction of sp³-hybridized carbons (Fsp3) is 0.273. The molecule has 0 aliphatic rings. The second-order valence-electron chi connectivity index (χ2n) is 6.73. The van der Waals surface area contributed by atoms with E-state index in [0.29, 0.717) is 13.0 Å². The van der Waals surface area contributed by atoms with Crippen LogP contribution in [-0.4, -0.2) is 35.2 Å². The minimum Gasteiger partial charge on any atom is -0.497 e. The number of amides is 1. The maximum Gasteiger partial charge on any atom is 0.223 e. The molecule has 3 aromatic rings. The Balaban J connectivity index is 1.79. The lowest BCUT2D eigenvalue weighted by atomic mass is 9.88. The molecule has 1 aromatic heterocycles. The molecule has 1 unspecified atom stereocenters. The van der Waals surface area contributed by atoms with Crippen molar-refractivity contribution in [2.45, 2.75) is 25.8 Å². The topological polar surface area (TPSA) is 58.2 Å². The monoisotopic (exact) mass is 363 g/mol. The molecule has 5 heteroatoms. The number of carbonyl (C=O) groups excluding carboxylic acids is 1. The number of aromatic nitrogens is 2. The molecule has 0 aliphatic carbocycles. The van der Waals surface area contributed by atoms with Crippen molar-refractivity contribution in [1.82, 2.24) is 15.1 Å². The van der Waals surface area contributed by atoms with Crippen LogP contribution in [0.3, 0.4) is 0 Å². The van der Waals surface area contributed by atoms with Gasteiger partial charge in [-0.1, -0.05) is 42.5 Å². The smallest absolute Gasteiger partial charge is 0.223 e. The lowest BCUT2D eigenvalue weighted by molar-refractivity contribution is -0.130. The van der Waals surface area contributed by atoms with Gasteiger partial charge in [0.05, 0.1) is 19.3 Å². The first kappa shape index (κ1) is 18.7. The Hall–Kier alpha value is -3.08. The molecular formula is C22H25N3O2. The van der Waals surface area contributed by atoms with Crippen molar-refractivity contribution < 1.29 is 9.53 Å². The van der Waals surface area contributed by atoms with Crippen molar-refractivity contribution in [3.63, 3.8) is 0 Å². The average molecular weight is 363 g/mol. The number of rotatable bonds is 7. The summed E-state index contributed by atoms with van der Waals surface area (Å²) in [4.78, 5) is 14.6. The number of nitrogens with one attached hydrogen (secondary N) is 1.